The average molecular weight is 310 g/mol. The fourth-order valence-electron chi connectivity index (χ4n) is 1.88. The van der Waals surface area contributed by atoms with Crippen LogP contribution >= 0.6 is 11.6 Å². The van der Waals surface area contributed by atoms with Gasteiger partial charge >= 0.3 is 0 Å². The molecule has 0 heterocycles. The standard InChI is InChI=1S/C16H17ClFNO2/c1-2-20-16-7-11(9-19)3-6-15(16)21-10-12-8-13(18)4-5-14(12)17/h3-8H,2,9-10,19H2,1H3. The van der Waals surface area contributed by atoms with Gasteiger partial charge in [0.1, 0.15) is 12.4 Å². The highest BCUT2D eigenvalue weighted by Gasteiger charge is 2.08. The zero-order valence-corrected chi connectivity index (χ0v) is 12.5. The van der Waals surface area contributed by atoms with Gasteiger partial charge in [-0.15, -0.1) is 0 Å². The first-order chi connectivity index (χ1) is 10.1. The fraction of sp³-hybridized carbons (Fsp3) is 0.250. The zero-order valence-electron chi connectivity index (χ0n) is 11.7. The Morgan fingerprint density at radius 2 is 1.90 bits per heavy atom. The molecule has 0 saturated carbocycles. The topological polar surface area (TPSA) is 44.5 Å². The molecule has 5 heteroatoms. The summed E-state index contributed by atoms with van der Waals surface area (Å²) in [4.78, 5) is 0. The van der Waals surface area contributed by atoms with Crippen LogP contribution in [0.25, 0.3) is 0 Å². The largest absolute Gasteiger partial charge is 0.490 e. The molecule has 112 valence electrons. The van der Waals surface area contributed by atoms with E-state index in [1.807, 2.05) is 19.1 Å². The van der Waals surface area contributed by atoms with E-state index in [1.54, 1.807) is 6.07 Å². The average Bonchev–Trinajstić information content (AvgIpc) is 2.49. The second kappa shape index (κ2) is 7.29. The van der Waals surface area contributed by atoms with Crippen molar-refractivity contribution in [1.29, 1.82) is 0 Å². The van der Waals surface area contributed by atoms with Crippen LogP contribution in [0.15, 0.2) is 36.4 Å². The number of nitrogens with two attached hydrogens (primary N) is 1. The van der Waals surface area contributed by atoms with Crippen LogP contribution in [-0.2, 0) is 13.2 Å². The van der Waals surface area contributed by atoms with E-state index in [0.717, 1.165) is 5.56 Å². The number of benzene rings is 2. The van der Waals surface area contributed by atoms with Crippen molar-refractivity contribution in [3.05, 3.63) is 58.4 Å². The van der Waals surface area contributed by atoms with Gasteiger partial charge in [0.25, 0.3) is 0 Å². The molecule has 2 rings (SSSR count). The quantitative estimate of drug-likeness (QED) is 0.879. The third-order valence-corrected chi connectivity index (χ3v) is 3.30. The van der Waals surface area contributed by atoms with E-state index >= 15 is 0 Å². The summed E-state index contributed by atoms with van der Waals surface area (Å²) >= 11 is 6.02. The Morgan fingerprint density at radius 3 is 2.62 bits per heavy atom. The summed E-state index contributed by atoms with van der Waals surface area (Å²) in [6.07, 6.45) is 0. The first kappa shape index (κ1) is 15.6. The number of halogens is 2. The molecule has 0 aliphatic carbocycles. The van der Waals surface area contributed by atoms with Gasteiger partial charge in [-0.05, 0) is 42.8 Å². The van der Waals surface area contributed by atoms with Crippen molar-refractivity contribution >= 4 is 11.6 Å². The van der Waals surface area contributed by atoms with Gasteiger partial charge in [-0.3, -0.25) is 0 Å². The molecule has 0 aliphatic rings. The van der Waals surface area contributed by atoms with E-state index in [2.05, 4.69) is 0 Å². The Morgan fingerprint density at radius 1 is 1.10 bits per heavy atom. The Labute approximate surface area is 128 Å². The lowest BCUT2D eigenvalue weighted by atomic mass is 10.2. The number of hydrogen-bond donors (Lipinski definition) is 1. The molecular weight excluding hydrogens is 293 g/mol. The molecule has 0 aromatic heterocycles. The maximum Gasteiger partial charge on any atom is 0.161 e. The molecule has 0 unspecified atom stereocenters. The molecule has 0 saturated heterocycles. The van der Waals surface area contributed by atoms with E-state index in [0.29, 0.717) is 35.2 Å². The van der Waals surface area contributed by atoms with Crippen LogP contribution in [0.2, 0.25) is 5.02 Å². The molecule has 0 atom stereocenters. The maximum atomic E-state index is 13.2. The van der Waals surface area contributed by atoms with Crippen molar-refractivity contribution in [3.63, 3.8) is 0 Å². The number of hydrogen-bond acceptors (Lipinski definition) is 3. The SMILES string of the molecule is CCOc1cc(CN)ccc1OCc1cc(F)ccc1Cl. The second-order valence-electron chi connectivity index (χ2n) is 4.44. The van der Waals surface area contributed by atoms with Crippen LogP contribution in [0.1, 0.15) is 18.1 Å². The van der Waals surface area contributed by atoms with Crippen LogP contribution in [0.3, 0.4) is 0 Å². The van der Waals surface area contributed by atoms with Gasteiger partial charge in [-0.1, -0.05) is 17.7 Å². The Hall–Kier alpha value is -1.78. The van der Waals surface area contributed by atoms with E-state index < -0.39 is 0 Å². The molecule has 2 aromatic carbocycles. The summed E-state index contributed by atoms with van der Waals surface area (Å²) in [5.41, 5.74) is 7.15. The summed E-state index contributed by atoms with van der Waals surface area (Å²) in [5.74, 6) is 0.851. The Kier molecular flexibility index (Phi) is 5.42. The van der Waals surface area contributed by atoms with E-state index in [4.69, 9.17) is 26.8 Å². The Bertz CT molecular complexity index is 619. The highest BCUT2D eigenvalue weighted by atomic mass is 35.5. The molecule has 0 bridgehead atoms. The summed E-state index contributed by atoms with van der Waals surface area (Å²) in [6.45, 7) is 3.00. The molecule has 0 fully saturated rings. The van der Waals surface area contributed by atoms with Gasteiger partial charge in [-0.2, -0.15) is 0 Å². The molecule has 2 aromatic rings. The van der Waals surface area contributed by atoms with Gasteiger partial charge in [0.05, 0.1) is 6.61 Å². The second-order valence-corrected chi connectivity index (χ2v) is 4.85. The number of rotatable bonds is 6. The summed E-state index contributed by atoms with van der Waals surface area (Å²) in [6, 6.07) is 9.68. The van der Waals surface area contributed by atoms with Crippen molar-refractivity contribution in [2.75, 3.05) is 6.61 Å². The highest BCUT2D eigenvalue weighted by Crippen LogP contribution is 2.30. The lowest BCUT2D eigenvalue weighted by Gasteiger charge is -2.13. The maximum absolute atomic E-state index is 13.2. The van der Waals surface area contributed by atoms with Gasteiger partial charge in [0, 0.05) is 17.1 Å². The Balaban J connectivity index is 2.17. The molecule has 21 heavy (non-hydrogen) atoms. The van der Waals surface area contributed by atoms with Gasteiger partial charge in [0.15, 0.2) is 11.5 Å². The monoisotopic (exact) mass is 309 g/mol. The molecule has 0 amide bonds. The lowest BCUT2D eigenvalue weighted by molar-refractivity contribution is 0.269. The van der Waals surface area contributed by atoms with Gasteiger partial charge in [-0.25, -0.2) is 4.39 Å². The van der Waals surface area contributed by atoms with Crippen LogP contribution in [-0.4, -0.2) is 6.61 Å². The smallest absolute Gasteiger partial charge is 0.161 e. The first-order valence-corrected chi connectivity index (χ1v) is 7.04. The van der Waals surface area contributed by atoms with E-state index in [9.17, 15) is 4.39 Å². The predicted molar refractivity (Wildman–Crippen MR) is 81.2 cm³/mol. The molecular formula is C16H17ClFNO2. The predicted octanol–water partition coefficient (Wildman–Crippen LogP) is 3.92. The van der Waals surface area contributed by atoms with Crippen LogP contribution in [0.5, 0.6) is 11.5 Å². The van der Waals surface area contributed by atoms with Crippen molar-refractivity contribution in [2.24, 2.45) is 5.73 Å². The summed E-state index contributed by atoms with van der Waals surface area (Å²) in [5, 5.41) is 0.466. The van der Waals surface area contributed by atoms with Crippen molar-refractivity contribution in [1.82, 2.24) is 0 Å². The van der Waals surface area contributed by atoms with Gasteiger partial charge < -0.3 is 15.2 Å². The highest BCUT2D eigenvalue weighted by molar-refractivity contribution is 6.31. The molecule has 2 N–H and O–H groups in total. The van der Waals surface area contributed by atoms with Crippen molar-refractivity contribution < 1.29 is 13.9 Å². The molecule has 0 radical (unpaired) electrons. The molecule has 3 nitrogen and oxygen atoms in total. The molecule has 0 spiro atoms. The third-order valence-electron chi connectivity index (χ3n) is 2.93. The minimum absolute atomic E-state index is 0.165. The van der Waals surface area contributed by atoms with Crippen LogP contribution < -0.4 is 15.2 Å². The normalized spacial score (nSPS) is 10.5. The van der Waals surface area contributed by atoms with E-state index in [-0.39, 0.29) is 12.4 Å². The molecule has 0 aliphatic heterocycles. The minimum atomic E-state index is -0.346. The van der Waals surface area contributed by atoms with Crippen molar-refractivity contribution in [2.45, 2.75) is 20.1 Å². The van der Waals surface area contributed by atoms with Gasteiger partial charge in [0.2, 0.25) is 0 Å². The lowest BCUT2D eigenvalue weighted by Crippen LogP contribution is -2.03. The van der Waals surface area contributed by atoms with Crippen LogP contribution in [0.4, 0.5) is 4.39 Å². The van der Waals surface area contributed by atoms with E-state index in [1.165, 1.54) is 18.2 Å². The minimum Gasteiger partial charge on any atom is -0.490 e. The van der Waals surface area contributed by atoms with Crippen molar-refractivity contribution in [3.8, 4) is 11.5 Å². The fourth-order valence-corrected chi connectivity index (χ4v) is 2.05. The number of ether oxygens (including phenoxy) is 2. The summed E-state index contributed by atoms with van der Waals surface area (Å²) < 4.78 is 24.4. The first-order valence-electron chi connectivity index (χ1n) is 6.66. The third kappa shape index (κ3) is 4.09. The van der Waals surface area contributed by atoms with Crippen LogP contribution in [0, 0.1) is 5.82 Å². The zero-order chi connectivity index (χ0) is 15.2. The summed E-state index contributed by atoms with van der Waals surface area (Å²) in [7, 11) is 0.